The van der Waals surface area contributed by atoms with Gasteiger partial charge in [0.1, 0.15) is 6.54 Å². The van der Waals surface area contributed by atoms with Crippen LogP contribution in [0.3, 0.4) is 0 Å². The predicted octanol–water partition coefficient (Wildman–Crippen LogP) is 3.34. The Hall–Kier alpha value is -0.880. The van der Waals surface area contributed by atoms with Crippen LogP contribution in [0.1, 0.15) is 32.6 Å². The van der Waals surface area contributed by atoms with Crippen LogP contribution in [0.15, 0.2) is 23.8 Å². The molecule has 0 aromatic carbocycles. The maximum absolute atomic E-state index is 11.0. The first-order chi connectivity index (χ1) is 11.7. The lowest BCUT2D eigenvalue weighted by Crippen LogP contribution is -2.21. The van der Waals surface area contributed by atoms with Crippen LogP contribution in [0.4, 0.5) is 0 Å². The van der Waals surface area contributed by atoms with Crippen LogP contribution < -0.4 is 0 Å². The Labute approximate surface area is 154 Å². The fourth-order valence-electron chi connectivity index (χ4n) is 2.72. The number of thioether (sulfide) groups is 2. The number of ether oxygens (including phenoxy) is 1. The largest absolute Gasteiger partial charge is 0.463 e. The third kappa shape index (κ3) is 6.20. The lowest BCUT2D eigenvalue weighted by molar-refractivity contribution is -0.517. The van der Waals surface area contributed by atoms with Crippen molar-refractivity contribution in [2.75, 3.05) is 44.3 Å². The lowest BCUT2D eigenvalue weighted by Gasteiger charge is -2.17. The highest BCUT2D eigenvalue weighted by atomic mass is 32.2. The highest BCUT2D eigenvalue weighted by Gasteiger charge is 2.25. The van der Waals surface area contributed by atoms with E-state index in [-0.39, 0.29) is 5.97 Å². The number of unbranched alkanes of at least 4 members (excludes halogenated alkanes) is 2. The molecule has 1 fully saturated rings. The number of nitrogens with zero attached hydrogens (tertiary/aromatic N) is 2. The number of esters is 1. The smallest absolute Gasteiger partial charge is 0.330 e. The lowest BCUT2D eigenvalue weighted by atomic mass is 10.3. The Morgan fingerprint density at radius 2 is 2.21 bits per heavy atom. The van der Waals surface area contributed by atoms with Crippen molar-refractivity contribution in [3.8, 4) is 0 Å². The van der Waals surface area contributed by atoms with Gasteiger partial charge in [0.05, 0.1) is 17.4 Å². The summed E-state index contributed by atoms with van der Waals surface area (Å²) in [5.41, 5.74) is 0. The van der Waals surface area contributed by atoms with E-state index in [1.165, 1.54) is 53.6 Å². The van der Waals surface area contributed by atoms with Gasteiger partial charge in [0.2, 0.25) is 5.04 Å². The van der Waals surface area contributed by atoms with Gasteiger partial charge >= 0.3 is 5.97 Å². The average molecular weight is 370 g/mol. The van der Waals surface area contributed by atoms with Crippen LogP contribution in [0.25, 0.3) is 0 Å². The van der Waals surface area contributed by atoms with Crippen LogP contribution in [0.5, 0.6) is 0 Å². The van der Waals surface area contributed by atoms with E-state index in [0.717, 1.165) is 25.9 Å². The van der Waals surface area contributed by atoms with Gasteiger partial charge in [-0.15, -0.1) is 11.8 Å². The number of rotatable bonds is 10. The van der Waals surface area contributed by atoms with E-state index in [1.807, 2.05) is 23.5 Å². The zero-order valence-corrected chi connectivity index (χ0v) is 16.3. The van der Waals surface area contributed by atoms with Gasteiger partial charge in [-0.25, -0.2) is 9.37 Å². The molecule has 0 saturated carbocycles. The zero-order chi connectivity index (χ0) is 17.2. The van der Waals surface area contributed by atoms with Crippen LogP contribution in [0, 0.1) is 0 Å². The first-order valence-electron chi connectivity index (χ1n) is 8.88. The molecule has 134 valence electrons. The van der Waals surface area contributed by atoms with E-state index < -0.39 is 0 Å². The normalized spacial score (nSPS) is 19.4. The number of hydrogen-bond acceptors (Lipinski definition) is 5. The molecule has 0 amide bonds. The summed E-state index contributed by atoms with van der Waals surface area (Å²) in [5.74, 6) is 2.06. The number of hydrogen-bond donors (Lipinski definition) is 0. The molecule has 6 heteroatoms. The van der Waals surface area contributed by atoms with Gasteiger partial charge < -0.3 is 9.64 Å². The van der Waals surface area contributed by atoms with Gasteiger partial charge in [-0.1, -0.05) is 31.7 Å². The maximum atomic E-state index is 11.0. The molecule has 0 aromatic rings. The van der Waals surface area contributed by atoms with Gasteiger partial charge in [0, 0.05) is 37.4 Å². The Morgan fingerprint density at radius 1 is 1.33 bits per heavy atom. The summed E-state index contributed by atoms with van der Waals surface area (Å²) in [7, 11) is 0. The molecule has 4 nitrogen and oxygen atoms in total. The minimum absolute atomic E-state index is 0.325. The van der Waals surface area contributed by atoms with E-state index in [2.05, 4.69) is 29.1 Å². The van der Waals surface area contributed by atoms with E-state index in [9.17, 15) is 4.79 Å². The van der Waals surface area contributed by atoms with Crippen molar-refractivity contribution in [1.29, 1.82) is 0 Å². The topological polar surface area (TPSA) is 32.6 Å². The second-order valence-electron chi connectivity index (χ2n) is 5.92. The molecular formula is C18H29N2O2S2+. The summed E-state index contributed by atoms with van der Waals surface area (Å²) in [5, 5.41) is 2.85. The molecule has 0 radical (unpaired) electrons. The Morgan fingerprint density at radius 3 is 3.00 bits per heavy atom. The van der Waals surface area contributed by atoms with Crippen molar-refractivity contribution in [3.63, 3.8) is 0 Å². The SMILES string of the molecule is C=CC(=O)OCCCC[N+]1=C(C=C2SCCN2CCCC)SCC1. The van der Waals surface area contributed by atoms with Crippen LogP contribution in [-0.4, -0.2) is 64.8 Å². The molecule has 1 saturated heterocycles. The van der Waals surface area contributed by atoms with Gasteiger partial charge in [0.15, 0.2) is 6.54 Å². The van der Waals surface area contributed by atoms with Gasteiger partial charge in [-0.3, -0.25) is 0 Å². The van der Waals surface area contributed by atoms with Gasteiger partial charge in [-0.05, 0) is 12.8 Å². The van der Waals surface area contributed by atoms with Crippen molar-refractivity contribution in [2.24, 2.45) is 0 Å². The number of carbonyl (C=O) groups is 1. The molecule has 0 N–H and O–H groups in total. The molecule has 2 aliphatic heterocycles. The van der Waals surface area contributed by atoms with Crippen molar-refractivity contribution in [2.45, 2.75) is 32.6 Å². The third-order valence-electron chi connectivity index (χ3n) is 4.11. The van der Waals surface area contributed by atoms with E-state index in [4.69, 9.17) is 4.74 Å². The second kappa shape index (κ2) is 10.9. The van der Waals surface area contributed by atoms with Crippen molar-refractivity contribution < 1.29 is 14.1 Å². The van der Waals surface area contributed by atoms with Crippen LogP contribution in [0.2, 0.25) is 0 Å². The molecule has 0 aliphatic carbocycles. The zero-order valence-electron chi connectivity index (χ0n) is 14.7. The average Bonchev–Trinajstić information content (AvgIpc) is 3.22. The molecule has 0 bridgehead atoms. The molecule has 2 aliphatic rings. The Kier molecular flexibility index (Phi) is 8.81. The predicted molar refractivity (Wildman–Crippen MR) is 105 cm³/mol. The minimum atomic E-state index is -0.325. The van der Waals surface area contributed by atoms with Crippen molar-refractivity contribution >= 4 is 34.5 Å². The molecule has 0 spiro atoms. The monoisotopic (exact) mass is 369 g/mol. The summed E-state index contributed by atoms with van der Waals surface area (Å²) in [6.45, 7) is 10.7. The fourth-order valence-corrected chi connectivity index (χ4v) is 4.96. The van der Waals surface area contributed by atoms with E-state index in [1.54, 1.807) is 0 Å². The second-order valence-corrected chi connectivity index (χ2v) is 8.15. The molecule has 24 heavy (non-hydrogen) atoms. The molecule has 0 aromatic heterocycles. The third-order valence-corrected chi connectivity index (χ3v) is 6.22. The summed E-state index contributed by atoms with van der Waals surface area (Å²) in [6, 6.07) is 0. The summed E-state index contributed by atoms with van der Waals surface area (Å²) >= 11 is 3.95. The fraction of sp³-hybridized carbons (Fsp3) is 0.667. The Balaban J connectivity index is 1.83. The molecule has 2 heterocycles. The van der Waals surface area contributed by atoms with Crippen LogP contribution >= 0.6 is 23.5 Å². The number of carbonyl (C=O) groups excluding carboxylic acids is 1. The highest BCUT2D eigenvalue weighted by Crippen LogP contribution is 2.29. The molecular weight excluding hydrogens is 340 g/mol. The molecule has 0 unspecified atom stereocenters. The van der Waals surface area contributed by atoms with Gasteiger partial charge in [-0.2, -0.15) is 0 Å². The minimum Gasteiger partial charge on any atom is -0.463 e. The summed E-state index contributed by atoms with van der Waals surface area (Å²) in [6.07, 6.45) is 8.09. The first-order valence-corrected chi connectivity index (χ1v) is 10.8. The quantitative estimate of drug-likeness (QED) is 0.255. The van der Waals surface area contributed by atoms with Crippen molar-refractivity contribution in [3.05, 3.63) is 23.8 Å². The first kappa shape index (κ1) is 19.4. The van der Waals surface area contributed by atoms with E-state index >= 15 is 0 Å². The highest BCUT2D eigenvalue weighted by molar-refractivity contribution is 8.14. The van der Waals surface area contributed by atoms with E-state index in [0.29, 0.717) is 6.61 Å². The van der Waals surface area contributed by atoms with Crippen molar-refractivity contribution in [1.82, 2.24) is 4.90 Å². The molecule has 0 atom stereocenters. The summed E-state index contributed by atoms with van der Waals surface area (Å²) < 4.78 is 7.51. The standard InChI is InChI=1S/C18H29N2O2S2/c1-3-5-8-19-10-13-23-16(19)15-17-20(11-14-24-17)9-6-7-12-22-18(21)4-2/h4,15H,2-3,5-14H2,1H3/q+1. The maximum Gasteiger partial charge on any atom is 0.330 e. The summed E-state index contributed by atoms with van der Waals surface area (Å²) in [4.78, 5) is 13.5. The Bertz CT molecular complexity index is 503. The van der Waals surface area contributed by atoms with Gasteiger partial charge in [0.25, 0.3) is 0 Å². The van der Waals surface area contributed by atoms with Crippen LogP contribution in [-0.2, 0) is 9.53 Å². The molecule has 2 rings (SSSR count).